The van der Waals surface area contributed by atoms with Gasteiger partial charge in [0.05, 0.1) is 0 Å². The minimum absolute atomic E-state index is 0.0495. The van der Waals surface area contributed by atoms with Crippen LogP contribution in [0.25, 0.3) is 28.4 Å². The Hall–Kier alpha value is -5.08. The van der Waals surface area contributed by atoms with E-state index in [1.54, 1.807) is 12.1 Å². The smallest absolute Gasteiger partial charge is 0.330 e. The molecule has 0 spiro atoms. The van der Waals surface area contributed by atoms with Crippen LogP contribution in [-0.4, -0.2) is 79.0 Å². The Balaban J connectivity index is 1.42. The van der Waals surface area contributed by atoms with E-state index in [1.807, 2.05) is 0 Å². The summed E-state index contributed by atoms with van der Waals surface area (Å²) < 4.78 is 22.2. The van der Waals surface area contributed by atoms with Crippen LogP contribution >= 0.6 is 0 Å². The number of carbonyl (C=O) groups excluding carboxylic acids is 1. The summed E-state index contributed by atoms with van der Waals surface area (Å²) in [5.41, 5.74) is -0.328. The van der Waals surface area contributed by atoms with E-state index in [1.165, 1.54) is 42.5 Å². The molecular formula is C30H26O13. The predicted molar refractivity (Wildman–Crippen MR) is 148 cm³/mol. The van der Waals surface area contributed by atoms with Crippen LogP contribution in [0.4, 0.5) is 0 Å². The van der Waals surface area contributed by atoms with Gasteiger partial charge in [-0.25, -0.2) is 4.79 Å². The summed E-state index contributed by atoms with van der Waals surface area (Å²) in [6.07, 6.45) is -6.17. The van der Waals surface area contributed by atoms with Crippen LogP contribution in [0.1, 0.15) is 5.56 Å². The number of esters is 1. The van der Waals surface area contributed by atoms with Crippen LogP contribution in [0.5, 0.6) is 28.7 Å². The second-order valence-corrected chi connectivity index (χ2v) is 9.66. The van der Waals surface area contributed by atoms with E-state index in [0.29, 0.717) is 5.56 Å². The van der Waals surface area contributed by atoms with E-state index >= 15 is 0 Å². The Bertz CT molecular complexity index is 1710. The molecule has 13 heteroatoms. The van der Waals surface area contributed by atoms with Gasteiger partial charge in [0.1, 0.15) is 65.0 Å². The van der Waals surface area contributed by atoms with Crippen molar-refractivity contribution in [3.8, 4) is 40.1 Å². The van der Waals surface area contributed by atoms with E-state index in [2.05, 4.69) is 0 Å². The molecule has 7 N–H and O–H groups in total. The Morgan fingerprint density at radius 1 is 0.837 bits per heavy atom. The van der Waals surface area contributed by atoms with Gasteiger partial charge < -0.3 is 54.4 Å². The number of aliphatic hydroxyl groups is 3. The third-order valence-electron chi connectivity index (χ3n) is 6.64. The number of hydrogen-bond donors (Lipinski definition) is 7. The zero-order valence-corrected chi connectivity index (χ0v) is 22.1. The number of fused-ring (bicyclic) bond motifs is 1. The molecule has 4 aromatic rings. The summed E-state index contributed by atoms with van der Waals surface area (Å²) in [6.45, 7) is -0.583. The zero-order chi connectivity index (χ0) is 30.8. The molecule has 1 aliphatic heterocycles. The lowest BCUT2D eigenvalue weighted by atomic mass is 9.99. The number of aromatic hydroxyl groups is 4. The van der Waals surface area contributed by atoms with Crippen LogP contribution in [0.2, 0.25) is 0 Å². The number of carbonyl (C=O) groups is 1. The van der Waals surface area contributed by atoms with Crippen LogP contribution in [-0.2, 0) is 14.3 Å². The van der Waals surface area contributed by atoms with E-state index in [-0.39, 0.29) is 33.8 Å². The first-order valence-electron chi connectivity index (χ1n) is 12.8. The molecule has 0 radical (unpaired) electrons. The van der Waals surface area contributed by atoms with Crippen molar-refractivity contribution in [2.75, 3.05) is 6.61 Å². The monoisotopic (exact) mass is 594 g/mol. The van der Waals surface area contributed by atoms with Crippen molar-refractivity contribution < 1.29 is 59.2 Å². The highest BCUT2D eigenvalue weighted by atomic mass is 16.7. The van der Waals surface area contributed by atoms with Gasteiger partial charge in [0.25, 0.3) is 0 Å². The lowest BCUT2D eigenvalue weighted by Gasteiger charge is -2.39. The van der Waals surface area contributed by atoms with Gasteiger partial charge in [-0.2, -0.15) is 0 Å². The Morgan fingerprint density at radius 3 is 2.16 bits per heavy atom. The molecule has 13 nitrogen and oxygen atoms in total. The zero-order valence-electron chi connectivity index (χ0n) is 22.1. The number of rotatable bonds is 7. The third kappa shape index (κ3) is 6.24. The highest BCUT2D eigenvalue weighted by molar-refractivity contribution is 5.88. The first-order chi connectivity index (χ1) is 20.5. The topological polar surface area (TPSA) is 217 Å². The molecule has 43 heavy (non-hydrogen) atoms. The standard InChI is InChI=1S/C30H26O13/c31-16-6-1-14(2-7-16)3-10-22(35)40-13-21-24(36)26(38)27(39)30(42-21)43-29-25(37)23-19(34)11-18(33)12-20(23)41-28(29)15-4-8-17(32)9-5-15/h1-12,21,24,26-27,30-34,36,38-39H,13H2/t21-,24+,26-,27+,30+/m0/s1. The van der Waals surface area contributed by atoms with Gasteiger partial charge in [0.2, 0.25) is 17.5 Å². The number of benzene rings is 3. The molecule has 0 bridgehead atoms. The lowest BCUT2D eigenvalue weighted by molar-refractivity contribution is -0.278. The SMILES string of the molecule is O=C(C=Cc1ccc(O)cc1)OC[C@@H]1O[C@H](Oc2c(-c3ccc(O)cc3)oc3cc(O)cc(O)c3c2=O)[C@H](O)[C@@H](O)[C@@H]1O. The maximum Gasteiger partial charge on any atom is 0.330 e. The lowest BCUT2D eigenvalue weighted by Crippen LogP contribution is -2.60. The number of hydrogen-bond acceptors (Lipinski definition) is 13. The maximum atomic E-state index is 13.5. The van der Waals surface area contributed by atoms with Crippen molar-refractivity contribution in [1.82, 2.24) is 0 Å². The molecular weight excluding hydrogens is 568 g/mol. The molecule has 1 fully saturated rings. The van der Waals surface area contributed by atoms with Crippen LogP contribution in [0, 0.1) is 0 Å². The van der Waals surface area contributed by atoms with Crippen molar-refractivity contribution in [3.63, 3.8) is 0 Å². The van der Waals surface area contributed by atoms with Gasteiger partial charge in [-0.05, 0) is 48.0 Å². The van der Waals surface area contributed by atoms with Crippen LogP contribution in [0.15, 0.2) is 76.0 Å². The Kier molecular flexibility index (Phi) is 8.23. The highest BCUT2D eigenvalue weighted by Gasteiger charge is 2.46. The Morgan fingerprint density at radius 2 is 1.49 bits per heavy atom. The average molecular weight is 595 g/mol. The third-order valence-corrected chi connectivity index (χ3v) is 6.64. The van der Waals surface area contributed by atoms with E-state index in [9.17, 15) is 45.3 Å². The first kappa shape index (κ1) is 29.4. The summed E-state index contributed by atoms with van der Waals surface area (Å²) in [5.74, 6) is -2.70. The van der Waals surface area contributed by atoms with Gasteiger partial charge in [-0.15, -0.1) is 0 Å². The number of phenolic OH excluding ortho intramolecular Hbond substituents is 4. The molecule has 0 amide bonds. The normalized spacial score (nSPS) is 22.1. The molecule has 1 aromatic heterocycles. The van der Waals surface area contributed by atoms with Gasteiger partial charge >= 0.3 is 5.97 Å². The predicted octanol–water partition coefficient (Wildman–Crippen LogP) is 1.73. The number of ether oxygens (including phenoxy) is 3. The van der Waals surface area contributed by atoms with Crippen molar-refractivity contribution >= 4 is 23.0 Å². The highest BCUT2D eigenvalue weighted by Crippen LogP contribution is 2.37. The number of phenols is 4. The van der Waals surface area contributed by atoms with Gasteiger partial charge in [0, 0.05) is 23.8 Å². The van der Waals surface area contributed by atoms with Gasteiger partial charge in [-0.3, -0.25) is 4.79 Å². The summed E-state index contributed by atoms with van der Waals surface area (Å²) in [7, 11) is 0. The van der Waals surface area contributed by atoms with Crippen molar-refractivity contribution in [1.29, 1.82) is 0 Å². The summed E-state index contributed by atoms with van der Waals surface area (Å²) in [5, 5.41) is 70.6. The second kappa shape index (κ2) is 12.0. The average Bonchev–Trinajstić information content (AvgIpc) is 2.97. The molecule has 0 aliphatic carbocycles. The minimum Gasteiger partial charge on any atom is -0.508 e. The van der Waals surface area contributed by atoms with Crippen LogP contribution < -0.4 is 10.2 Å². The van der Waals surface area contributed by atoms with Crippen LogP contribution in [0.3, 0.4) is 0 Å². The van der Waals surface area contributed by atoms with Gasteiger partial charge in [-0.1, -0.05) is 12.1 Å². The van der Waals surface area contributed by atoms with E-state index in [0.717, 1.165) is 18.2 Å². The molecule has 0 unspecified atom stereocenters. The Labute approximate surface area is 242 Å². The summed E-state index contributed by atoms with van der Waals surface area (Å²) in [6, 6.07) is 13.4. The van der Waals surface area contributed by atoms with Crippen molar-refractivity contribution in [2.45, 2.75) is 30.7 Å². The quantitative estimate of drug-likeness (QED) is 0.120. The second-order valence-electron chi connectivity index (χ2n) is 9.66. The number of aliphatic hydroxyl groups excluding tert-OH is 3. The molecule has 3 aromatic carbocycles. The molecule has 2 heterocycles. The van der Waals surface area contributed by atoms with Crippen molar-refractivity contribution in [3.05, 3.63) is 82.5 Å². The van der Waals surface area contributed by atoms with Crippen molar-refractivity contribution in [2.24, 2.45) is 0 Å². The summed E-state index contributed by atoms with van der Waals surface area (Å²) in [4.78, 5) is 25.8. The molecule has 1 saturated heterocycles. The maximum absolute atomic E-state index is 13.5. The fraction of sp³-hybridized carbons (Fsp3) is 0.200. The minimum atomic E-state index is -1.90. The van der Waals surface area contributed by atoms with E-state index < -0.39 is 66.0 Å². The fourth-order valence-electron chi connectivity index (χ4n) is 4.41. The molecule has 5 rings (SSSR count). The largest absolute Gasteiger partial charge is 0.508 e. The van der Waals surface area contributed by atoms with E-state index in [4.69, 9.17) is 18.6 Å². The van der Waals surface area contributed by atoms with Gasteiger partial charge in [0.15, 0.2) is 5.76 Å². The molecule has 224 valence electrons. The first-order valence-corrected chi connectivity index (χ1v) is 12.8. The summed E-state index contributed by atoms with van der Waals surface area (Å²) >= 11 is 0. The molecule has 1 aliphatic rings. The molecule has 0 saturated carbocycles. The fourth-order valence-corrected chi connectivity index (χ4v) is 4.41. The molecule has 5 atom stereocenters.